The van der Waals surface area contributed by atoms with E-state index in [0.29, 0.717) is 0 Å². The predicted octanol–water partition coefficient (Wildman–Crippen LogP) is 1.43. The molecule has 6 heteroatoms. The summed E-state index contributed by atoms with van der Waals surface area (Å²) in [5.74, 6) is -2.81. The molecule has 1 rings (SSSR count). The molecule has 0 bridgehead atoms. The van der Waals surface area contributed by atoms with Gasteiger partial charge in [0.2, 0.25) is 0 Å². The molecular weight excluding hydrogens is 241 g/mol. The van der Waals surface area contributed by atoms with Gasteiger partial charge in [-0.3, -0.25) is 4.79 Å². The van der Waals surface area contributed by atoms with Crippen molar-refractivity contribution >= 4 is 11.9 Å². The molecule has 0 radical (unpaired) electrons. The minimum absolute atomic E-state index is 0.0639. The van der Waals surface area contributed by atoms with E-state index < -0.39 is 23.7 Å². The summed E-state index contributed by atoms with van der Waals surface area (Å²) in [4.78, 5) is 22.5. The molecule has 1 atom stereocenters. The van der Waals surface area contributed by atoms with Crippen molar-refractivity contribution < 1.29 is 23.8 Å². The predicted molar refractivity (Wildman–Crippen MR) is 62.1 cm³/mol. The lowest BCUT2D eigenvalue weighted by atomic mass is 10.1. The Morgan fingerprint density at radius 3 is 2.67 bits per heavy atom. The quantitative estimate of drug-likeness (QED) is 0.834. The number of hydrogen-bond acceptors (Lipinski definition) is 3. The Morgan fingerprint density at radius 2 is 2.17 bits per heavy atom. The van der Waals surface area contributed by atoms with Crippen LogP contribution in [0, 0.1) is 5.82 Å². The van der Waals surface area contributed by atoms with E-state index in [2.05, 4.69) is 5.32 Å². The summed E-state index contributed by atoms with van der Waals surface area (Å²) in [5.41, 5.74) is -0.242. The van der Waals surface area contributed by atoms with Crippen LogP contribution in [-0.2, 0) is 4.79 Å². The molecule has 0 aromatic heterocycles. The Hall–Kier alpha value is -2.11. The van der Waals surface area contributed by atoms with Crippen molar-refractivity contribution in [3.05, 3.63) is 29.6 Å². The Balaban J connectivity index is 2.94. The SMILES string of the molecule is CCC(NC(=O)c1cccc(OC)c1F)C(=O)O. The molecule has 5 nitrogen and oxygen atoms in total. The lowest BCUT2D eigenvalue weighted by molar-refractivity contribution is -0.139. The van der Waals surface area contributed by atoms with Crippen LogP contribution >= 0.6 is 0 Å². The van der Waals surface area contributed by atoms with Crippen molar-refractivity contribution in [2.45, 2.75) is 19.4 Å². The molecule has 1 unspecified atom stereocenters. The van der Waals surface area contributed by atoms with E-state index in [1.807, 2.05) is 0 Å². The summed E-state index contributed by atoms with van der Waals surface area (Å²) < 4.78 is 18.5. The minimum Gasteiger partial charge on any atom is -0.494 e. The maximum atomic E-state index is 13.7. The second-order valence-electron chi connectivity index (χ2n) is 3.59. The van der Waals surface area contributed by atoms with Gasteiger partial charge >= 0.3 is 5.97 Å². The standard InChI is InChI=1S/C12H14FNO4/c1-3-8(12(16)17)14-11(15)7-5-4-6-9(18-2)10(7)13/h4-6,8H,3H2,1-2H3,(H,14,15)(H,16,17). The number of carbonyl (C=O) groups is 2. The first-order chi connectivity index (χ1) is 8.51. The van der Waals surface area contributed by atoms with Crippen LogP contribution in [0.4, 0.5) is 4.39 Å². The smallest absolute Gasteiger partial charge is 0.326 e. The van der Waals surface area contributed by atoms with Crippen LogP contribution in [0.3, 0.4) is 0 Å². The van der Waals surface area contributed by atoms with Crippen LogP contribution in [0.15, 0.2) is 18.2 Å². The molecule has 0 aliphatic carbocycles. The number of halogens is 1. The maximum absolute atomic E-state index is 13.7. The third-order valence-electron chi connectivity index (χ3n) is 2.44. The van der Waals surface area contributed by atoms with E-state index in [9.17, 15) is 14.0 Å². The van der Waals surface area contributed by atoms with Gasteiger partial charge in [-0.25, -0.2) is 9.18 Å². The van der Waals surface area contributed by atoms with Gasteiger partial charge < -0.3 is 15.2 Å². The molecule has 1 aromatic carbocycles. The number of nitrogens with one attached hydrogen (secondary N) is 1. The van der Waals surface area contributed by atoms with Gasteiger partial charge in [-0.2, -0.15) is 0 Å². The molecule has 0 heterocycles. The zero-order chi connectivity index (χ0) is 13.7. The van der Waals surface area contributed by atoms with E-state index in [1.54, 1.807) is 6.92 Å². The molecule has 0 aliphatic rings. The number of ether oxygens (including phenoxy) is 1. The number of rotatable bonds is 5. The van der Waals surface area contributed by atoms with Crippen LogP contribution in [0.1, 0.15) is 23.7 Å². The number of carboxylic acid groups (broad SMARTS) is 1. The van der Waals surface area contributed by atoms with Gasteiger partial charge in [-0.05, 0) is 18.6 Å². The Labute approximate surface area is 104 Å². The molecule has 1 amide bonds. The zero-order valence-corrected chi connectivity index (χ0v) is 10.1. The van der Waals surface area contributed by atoms with Gasteiger partial charge in [0.25, 0.3) is 5.91 Å². The van der Waals surface area contributed by atoms with Crippen molar-refractivity contribution in [3.8, 4) is 5.75 Å². The molecule has 0 aliphatic heterocycles. The Kier molecular flexibility index (Phi) is 4.65. The zero-order valence-electron chi connectivity index (χ0n) is 10.1. The summed E-state index contributed by atoms with van der Waals surface area (Å²) in [6, 6.07) is 3.06. The monoisotopic (exact) mass is 255 g/mol. The van der Waals surface area contributed by atoms with Gasteiger partial charge in [0.15, 0.2) is 11.6 Å². The number of hydrogen-bond donors (Lipinski definition) is 2. The molecule has 0 saturated heterocycles. The highest BCUT2D eigenvalue weighted by atomic mass is 19.1. The van der Waals surface area contributed by atoms with Crippen molar-refractivity contribution in [1.29, 1.82) is 0 Å². The Morgan fingerprint density at radius 1 is 1.50 bits per heavy atom. The molecule has 0 saturated carbocycles. The van der Waals surface area contributed by atoms with Crippen LogP contribution in [0.25, 0.3) is 0 Å². The highest BCUT2D eigenvalue weighted by molar-refractivity contribution is 5.97. The highest BCUT2D eigenvalue weighted by Gasteiger charge is 2.21. The first-order valence-corrected chi connectivity index (χ1v) is 5.37. The number of aliphatic carboxylic acids is 1. The molecule has 18 heavy (non-hydrogen) atoms. The van der Waals surface area contributed by atoms with Crippen molar-refractivity contribution in [3.63, 3.8) is 0 Å². The van der Waals surface area contributed by atoms with Crippen molar-refractivity contribution in [2.24, 2.45) is 0 Å². The normalized spacial score (nSPS) is 11.7. The Bertz CT molecular complexity index is 461. The van der Waals surface area contributed by atoms with Gasteiger partial charge in [-0.15, -0.1) is 0 Å². The highest BCUT2D eigenvalue weighted by Crippen LogP contribution is 2.19. The summed E-state index contributed by atoms with van der Waals surface area (Å²) >= 11 is 0. The van der Waals surface area contributed by atoms with E-state index >= 15 is 0 Å². The average Bonchev–Trinajstić information content (AvgIpc) is 2.35. The third kappa shape index (κ3) is 2.97. The van der Waals surface area contributed by atoms with Gasteiger partial charge in [0.1, 0.15) is 6.04 Å². The lowest BCUT2D eigenvalue weighted by Crippen LogP contribution is -2.40. The van der Waals surface area contributed by atoms with E-state index in [1.165, 1.54) is 25.3 Å². The fraction of sp³-hybridized carbons (Fsp3) is 0.333. The second kappa shape index (κ2) is 6.00. The van der Waals surface area contributed by atoms with Crippen molar-refractivity contribution in [2.75, 3.05) is 7.11 Å². The lowest BCUT2D eigenvalue weighted by Gasteiger charge is -2.13. The van der Waals surface area contributed by atoms with E-state index in [0.717, 1.165) is 0 Å². The average molecular weight is 255 g/mol. The van der Waals surface area contributed by atoms with Crippen LogP contribution in [0.5, 0.6) is 5.75 Å². The minimum atomic E-state index is -1.16. The van der Waals surface area contributed by atoms with Gasteiger partial charge in [0.05, 0.1) is 12.7 Å². The van der Waals surface area contributed by atoms with Gasteiger partial charge in [0, 0.05) is 0 Å². The van der Waals surface area contributed by atoms with Crippen LogP contribution in [-0.4, -0.2) is 30.1 Å². The fourth-order valence-corrected chi connectivity index (χ4v) is 1.42. The first-order valence-electron chi connectivity index (χ1n) is 5.37. The van der Waals surface area contributed by atoms with Crippen LogP contribution in [0.2, 0.25) is 0 Å². The number of carbonyl (C=O) groups excluding carboxylic acids is 1. The number of methoxy groups -OCH3 is 1. The molecule has 98 valence electrons. The number of benzene rings is 1. The summed E-state index contributed by atoms with van der Waals surface area (Å²) in [7, 11) is 1.28. The number of amides is 1. The summed E-state index contributed by atoms with van der Waals surface area (Å²) in [6.07, 6.45) is 0.215. The molecule has 0 fully saturated rings. The second-order valence-corrected chi connectivity index (χ2v) is 3.59. The molecular formula is C12H14FNO4. The topological polar surface area (TPSA) is 75.6 Å². The third-order valence-corrected chi connectivity index (χ3v) is 2.44. The first kappa shape index (κ1) is 14.0. The van der Waals surface area contributed by atoms with Gasteiger partial charge in [-0.1, -0.05) is 13.0 Å². The van der Waals surface area contributed by atoms with E-state index in [4.69, 9.17) is 9.84 Å². The maximum Gasteiger partial charge on any atom is 0.326 e. The molecule has 1 aromatic rings. The summed E-state index contributed by atoms with van der Waals surface area (Å²) in [6.45, 7) is 1.61. The molecule has 2 N–H and O–H groups in total. The fourth-order valence-electron chi connectivity index (χ4n) is 1.42. The van der Waals surface area contributed by atoms with E-state index in [-0.39, 0.29) is 17.7 Å². The largest absolute Gasteiger partial charge is 0.494 e. The number of carboxylic acids is 1. The van der Waals surface area contributed by atoms with Crippen LogP contribution < -0.4 is 10.1 Å². The molecule has 0 spiro atoms. The van der Waals surface area contributed by atoms with Crippen molar-refractivity contribution in [1.82, 2.24) is 5.32 Å². The summed E-state index contributed by atoms with van der Waals surface area (Å²) in [5, 5.41) is 11.0.